The summed E-state index contributed by atoms with van der Waals surface area (Å²) >= 11 is 0. The van der Waals surface area contributed by atoms with Gasteiger partial charge in [0.05, 0.1) is 0 Å². The van der Waals surface area contributed by atoms with Crippen LogP contribution in [0.3, 0.4) is 0 Å². The van der Waals surface area contributed by atoms with Gasteiger partial charge in [0, 0.05) is 6.42 Å². The van der Waals surface area contributed by atoms with Crippen molar-refractivity contribution in [3.05, 3.63) is 0 Å². The summed E-state index contributed by atoms with van der Waals surface area (Å²) in [6.45, 7) is 4.10. The van der Waals surface area contributed by atoms with Crippen molar-refractivity contribution in [1.82, 2.24) is 0 Å². The minimum absolute atomic E-state index is 0.153. The molecule has 0 radical (unpaired) electrons. The quantitative estimate of drug-likeness (QED) is 0.365. The zero-order valence-corrected chi connectivity index (χ0v) is 10.1. The monoisotopic (exact) mass is 215 g/mol. The van der Waals surface area contributed by atoms with E-state index in [1.165, 1.54) is 25.7 Å². The molecule has 15 heavy (non-hydrogen) atoms. The maximum atomic E-state index is 11.2. The van der Waals surface area contributed by atoms with Gasteiger partial charge in [-0.3, -0.25) is 10.5 Å². The van der Waals surface area contributed by atoms with Gasteiger partial charge in [-0.2, -0.15) is 0 Å². The van der Waals surface area contributed by atoms with E-state index >= 15 is 0 Å². The maximum absolute atomic E-state index is 11.2. The number of carbonyl (C=O) groups is 1. The highest BCUT2D eigenvalue weighted by molar-refractivity contribution is 5.69. The predicted molar refractivity (Wildman–Crippen MR) is 62.4 cm³/mol. The standard InChI is InChI=1S/C12H25NO2/c1-3-5-6-7-8-9-10-12(14)15-11(13)4-2/h11H,3-10,13H2,1-2H3. The van der Waals surface area contributed by atoms with E-state index < -0.39 is 6.23 Å². The fourth-order valence-electron chi connectivity index (χ4n) is 1.36. The first-order chi connectivity index (χ1) is 7.20. The molecule has 1 atom stereocenters. The van der Waals surface area contributed by atoms with Crippen LogP contribution in [0.25, 0.3) is 0 Å². The third-order valence-electron chi connectivity index (χ3n) is 2.42. The minimum atomic E-state index is -0.419. The smallest absolute Gasteiger partial charge is 0.307 e. The molecule has 0 rings (SSSR count). The maximum Gasteiger partial charge on any atom is 0.307 e. The number of rotatable bonds is 9. The molecule has 0 aromatic rings. The van der Waals surface area contributed by atoms with Crippen LogP contribution in [-0.2, 0) is 9.53 Å². The molecule has 0 saturated carbocycles. The molecule has 0 aromatic heterocycles. The molecule has 0 bridgehead atoms. The van der Waals surface area contributed by atoms with Crippen LogP contribution in [0.4, 0.5) is 0 Å². The van der Waals surface area contributed by atoms with Crippen LogP contribution in [0.1, 0.15) is 65.2 Å². The average molecular weight is 215 g/mol. The molecule has 1 unspecified atom stereocenters. The van der Waals surface area contributed by atoms with E-state index in [1.807, 2.05) is 6.92 Å². The number of ether oxygens (including phenoxy) is 1. The topological polar surface area (TPSA) is 52.3 Å². The molecule has 0 aliphatic heterocycles. The molecule has 0 heterocycles. The number of nitrogens with two attached hydrogens (primary N) is 1. The molecule has 2 N–H and O–H groups in total. The van der Waals surface area contributed by atoms with Crippen molar-refractivity contribution < 1.29 is 9.53 Å². The summed E-state index contributed by atoms with van der Waals surface area (Å²) in [7, 11) is 0. The first kappa shape index (κ1) is 14.4. The van der Waals surface area contributed by atoms with Gasteiger partial charge in [0.2, 0.25) is 0 Å². The fourth-order valence-corrected chi connectivity index (χ4v) is 1.36. The van der Waals surface area contributed by atoms with E-state index in [0.717, 1.165) is 12.8 Å². The molecule has 0 aliphatic rings. The third kappa shape index (κ3) is 9.73. The Morgan fingerprint density at radius 1 is 1.13 bits per heavy atom. The highest BCUT2D eigenvalue weighted by Gasteiger charge is 2.06. The molecule has 3 nitrogen and oxygen atoms in total. The molecule has 0 fully saturated rings. The van der Waals surface area contributed by atoms with Gasteiger partial charge in [-0.1, -0.05) is 46.0 Å². The molecule has 0 amide bonds. The van der Waals surface area contributed by atoms with Gasteiger partial charge in [0.25, 0.3) is 0 Å². The van der Waals surface area contributed by atoms with Gasteiger partial charge in [-0.25, -0.2) is 0 Å². The van der Waals surface area contributed by atoms with Crippen molar-refractivity contribution in [2.24, 2.45) is 5.73 Å². The van der Waals surface area contributed by atoms with Gasteiger partial charge in [-0.05, 0) is 12.8 Å². The summed E-state index contributed by atoms with van der Waals surface area (Å²) < 4.78 is 4.97. The van der Waals surface area contributed by atoms with E-state index in [1.54, 1.807) is 0 Å². The lowest BCUT2D eigenvalue weighted by Crippen LogP contribution is -2.25. The normalized spacial score (nSPS) is 12.5. The lowest BCUT2D eigenvalue weighted by Gasteiger charge is -2.10. The Bertz CT molecular complexity index is 160. The van der Waals surface area contributed by atoms with Crippen LogP contribution in [0.5, 0.6) is 0 Å². The highest BCUT2D eigenvalue weighted by Crippen LogP contribution is 2.07. The van der Waals surface area contributed by atoms with Crippen LogP contribution >= 0.6 is 0 Å². The molecular weight excluding hydrogens is 190 g/mol. The molecule has 0 aromatic carbocycles. The van der Waals surface area contributed by atoms with Crippen LogP contribution in [-0.4, -0.2) is 12.2 Å². The number of hydrogen-bond acceptors (Lipinski definition) is 3. The zero-order valence-electron chi connectivity index (χ0n) is 10.1. The van der Waals surface area contributed by atoms with Crippen molar-refractivity contribution in [3.8, 4) is 0 Å². The Kier molecular flexibility index (Phi) is 9.59. The number of hydrogen-bond donors (Lipinski definition) is 1. The van der Waals surface area contributed by atoms with E-state index in [4.69, 9.17) is 10.5 Å². The summed E-state index contributed by atoms with van der Waals surface area (Å²) in [6.07, 6.45) is 7.88. The van der Waals surface area contributed by atoms with Gasteiger partial charge < -0.3 is 4.74 Å². The lowest BCUT2D eigenvalue weighted by atomic mass is 10.1. The van der Waals surface area contributed by atoms with Crippen LogP contribution in [0.2, 0.25) is 0 Å². The number of unbranched alkanes of at least 4 members (excludes halogenated alkanes) is 5. The van der Waals surface area contributed by atoms with E-state index in [9.17, 15) is 4.79 Å². The Morgan fingerprint density at radius 2 is 1.73 bits per heavy atom. The Hall–Kier alpha value is -0.570. The minimum Gasteiger partial charge on any atom is -0.447 e. The number of carbonyl (C=O) groups excluding carboxylic acids is 1. The first-order valence-electron chi connectivity index (χ1n) is 6.15. The fraction of sp³-hybridized carbons (Fsp3) is 0.917. The van der Waals surface area contributed by atoms with Gasteiger partial charge in [0.15, 0.2) is 6.23 Å². The summed E-state index contributed by atoms with van der Waals surface area (Å²) in [6, 6.07) is 0. The Balaban J connectivity index is 3.24. The molecule has 90 valence electrons. The lowest BCUT2D eigenvalue weighted by molar-refractivity contribution is -0.149. The van der Waals surface area contributed by atoms with Gasteiger partial charge in [0.1, 0.15) is 0 Å². The summed E-state index contributed by atoms with van der Waals surface area (Å²) in [5, 5.41) is 0. The predicted octanol–water partition coefficient (Wildman–Crippen LogP) is 2.98. The number of esters is 1. The third-order valence-corrected chi connectivity index (χ3v) is 2.42. The zero-order chi connectivity index (χ0) is 11.5. The van der Waals surface area contributed by atoms with E-state index in [2.05, 4.69) is 6.92 Å². The van der Waals surface area contributed by atoms with Crippen LogP contribution in [0.15, 0.2) is 0 Å². The second kappa shape index (κ2) is 9.97. The van der Waals surface area contributed by atoms with Gasteiger partial charge >= 0.3 is 5.97 Å². The second-order valence-corrected chi connectivity index (χ2v) is 3.95. The summed E-state index contributed by atoms with van der Waals surface area (Å²) in [5.74, 6) is -0.153. The van der Waals surface area contributed by atoms with Crippen molar-refractivity contribution in [1.29, 1.82) is 0 Å². The van der Waals surface area contributed by atoms with Crippen molar-refractivity contribution in [2.75, 3.05) is 0 Å². The Labute approximate surface area is 93.4 Å². The van der Waals surface area contributed by atoms with Gasteiger partial charge in [-0.15, -0.1) is 0 Å². The molecule has 0 aliphatic carbocycles. The summed E-state index contributed by atoms with van der Waals surface area (Å²) in [4.78, 5) is 11.2. The molecule has 3 heteroatoms. The van der Waals surface area contributed by atoms with E-state index in [-0.39, 0.29) is 5.97 Å². The van der Waals surface area contributed by atoms with E-state index in [0.29, 0.717) is 12.8 Å². The molecular formula is C12H25NO2. The highest BCUT2D eigenvalue weighted by atomic mass is 16.6. The first-order valence-corrected chi connectivity index (χ1v) is 6.15. The van der Waals surface area contributed by atoms with Crippen LogP contribution < -0.4 is 5.73 Å². The average Bonchev–Trinajstić information content (AvgIpc) is 2.23. The Morgan fingerprint density at radius 3 is 2.33 bits per heavy atom. The van der Waals surface area contributed by atoms with Crippen molar-refractivity contribution >= 4 is 5.97 Å². The summed E-state index contributed by atoms with van der Waals surface area (Å²) in [5.41, 5.74) is 5.50. The van der Waals surface area contributed by atoms with Crippen molar-refractivity contribution in [3.63, 3.8) is 0 Å². The largest absolute Gasteiger partial charge is 0.447 e. The van der Waals surface area contributed by atoms with Crippen molar-refractivity contribution in [2.45, 2.75) is 71.4 Å². The SMILES string of the molecule is CCCCCCCCC(=O)OC(N)CC. The second-order valence-electron chi connectivity index (χ2n) is 3.95. The molecule has 0 spiro atoms. The van der Waals surface area contributed by atoms with Crippen LogP contribution in [0, 0.1) is 0 Å². The molecule has 0 saturated heterocycles.